The lowest BCUT2D eigenvalue weighted by Gasteiger charge is -2.05. The number of esters is 1. The van der Waals surface area contributed by atoms with Crippen molar-refractivity contribution in [1.29, 1.82) is 0 Å². The van der Waals surface area contributed by atoms with Gasteiger partial charge in [-0.05, 0) is 5.92 Å². The summed E-state index contributed by atoms with van der Waals surface area (Å²) >= 11 is 0. The topological polar surface area (TPSA) is 72.0 Å². The molecule has 0 aliphatic rings. The molecular weight excluding hydrogens is 184 g/mol. The van der Waals surface area contributed by atoms with Gasteiger partial charge in [-0.1, -0.05) is 13.8 Å². The van der Waals surface area contributed by atoms with E-state index in [9.17, 15) is 9.59 Å². The average Bonchev–Trinajstić information content (AvgIpc) is 2.14. The monoisotopic (exact) mass is 196 g/mol. The zero-order chi connectivity index (χ0) is 10.6. The standard InChI is InChI=1S/C9H12N2O3/c1-6(2)5-14-9(13)8-10-4-3-7(12)11-8/h3-4,6H,5H2,1-2H3,(H,10,11,12). The number of hydrogen-bond donors (Lipinski definition) is 1. The Bertz CT molecular complexity index is 370. The summed E-state index contributed by atoms with van der Waals surface area (Å²) < 4.78 is 4.87. The summed E-state index contributed by atoms with van der Waals surface area (Å²) in [6.07, 6.45) is 1.27. The first-order valence-electron chi connectivity index (χ1n) is 4.32. The molecule has 0 aliphatic carbocycles. The molecule has 0 amide bonds. The Balaban J connectivity index is 2.65. The molecule has 0 aliphatic heterocycles. The van der Waals surface area contributed by atoms with Gasteiger partial charge in [-0.15, -0.1) is 0 Å². The molecule has 5 heteroatoms. The molecule has 1 rings (SSSR count). The molecule has 14 heavy (non-hydrogen) atoms. The van der Waals surface area contributed by atoms with E-state index in [1.54, 1.807) is 0 Å². The van der Waals surface area contributed by atoms with Crippen molar-refractivity contribution in [2.45, 2.75) is 13.8 Å². The predicted octanol–water partition coefficient (Wildman–Crippen LogP) is 0.583. The third-order valence-corrected chi connectivity index (χ3v) is 1.41. The maximum Gasteiger partial charge on any atom is 0.374 e. The first-order chi connectivity index (χ1) is 6.59. The lowest BCUT2D eigenvalue weighted by molar-refractivity contribution is 0.0444. The molecule has 5 nitrogen and oxygen atoms in total. The fourth-order valence-corrected chi connectivity index (χ4v) is 0.785. The molecule has 1 N–H and O–H groups in total. The maximum absolute atomic E-state index is 11.2. The van der Waals surface area contributed by atoms with E-state index in [4.69, 9.17) is 4.74 Å². The summed E-state index contributed by atoms with van der Waals surface area (Å²) in [5, 5.41) is 0. The van der Waals surface area contributed by atoms with Crippen LogP contribution in [0.2, 0.25) is 0 Å². The summed E-state index contributed by atoms with van der Waals surface area (Å²) in [4.78, 5) is 28.1. The van der Waals surface area contributed by atoms with Crippen LogP contribution in [-0.4, -0.2) is 22.5 Å². The van der Waals surface area contributed by atoms with Crippen molar-refractivity contribution in [2.75, 3.05) is 6.61 Å². The molecule has 0 atom stereocenters. The van der Waals surface area contributed by atoms with Crippen LogP contribution in [-0.2, 0) is 4.74 Å². The van der Waals surface area contributed by atoms with Crippen LogP contribution in [0.4, 0.5) is 0 Å². The van der Waals surface area contributed by atoms with Crippen molar-refractivity contribution in [1.82, 2.24) is 9.97 Å². The molecular formula is C9H12N2O3. The van der Waals surface area contributed by atoms with Gasteiger partial charge < -0.3 is 9.72 Å². The number of hydrogen-bond acceptors (Lipinski definition) is 4. The molecule has 0 bridgehead atoms. The number of nitrogens with zero attached hydrogens (tertiary/aromatic N) is 1. The van der Waals surface area contributed by atoms with Crippen molar-refractivity contribution in [3.05, 3.63) is 28.4 Å². The maximum atomic E-state index is 11.2. The van der Waals surface area contributed by atoms with Crippen molar-refractivity contribution in [3.8, 4) is 0 Å². The van der Waals surface area contributed by atoms with Gasteiger partial charge >= 0.3 is 5.97 Å². The smallest absolute Gasteiger partial charge is 0.374 e. The van der Waals surface area contributed by atoms with Gasteiger partial charge in [-0.25, -0.2) is 9.78 Å². The lowest BCUT2D eigenvalue weighted by Crippen LogP contribution is -2.17. The molecule has 0 spiro atoms. The Morgan fingerprint density at radius 3 is 2.93 bits per heavy atom. The molecule has 0 radical (unpaired) electrons. The summed E-state index contributed by atoms with van der Waals surface area (Å²) in [5.74, 6) is -0.399. The van der Waals surface area contributed by atoms with Crippen LogP contribution in [0.3, 0.4) is 0 Å². The minimum absolute atomic E-state index is 0.0573. The van der Waals surface area contributed by atoms with E-state index in [0.29, 0.717) is 6.61 Å². The van der Waals surface area contributed by atoms with Crippen LogP contribution in [0.25, 0.3) is 0 Å². The van der Waals surface area contributed by atoms with Crippen LogP contribution < -0.4 is 5.56 Å². The number of carbonyl (C=O) groups excluding carboxylic acids is 1. The average molecular weight is 196 g/mol. The van der Waals surface area contributed by atoms with Crippen molar-refractivity contribution in [3.63, 3.8) is 0 Å². The van der Waals surface area contributed by atoms with Gasteiger partial charge in [0, 0.05) is 12.3 Å². The van der Waals surface area contributed by atoms with Crippen LogP contribution in [0, 0.1) is 5.92 Å². The van der Waals surface area contributed by atoms with Crippen molar-refractivity contribution in [2.24, 2.45) is 5.92 Å². The van der Waals surface area contributed by atoms with E-state index in [2.05, 4.69) is 9.97 Å². The number of ether oxygens (including phenoxy) is 1. The van der Waals surface area contributed by atoms with E-state index in [-0.39, 0.29) is 17.3 Å². The SMILES string of the molecule is CC(C)COC(=O)c1nccc(=O)[nH]1. The fraction of sp³-hybridized carbons (Fsp3) is 0.444. The second-order valence-electron chi connectivity index (χ2n) is 3.28. The molecule has 1 aromatic rings. The van der Waals surface area contributed by atoms with E-state index in [1.165, 1.54) is 12.3 Å². The van der Waals surface area contributed by atoms with E-state index in [1.807, 2.05) is 13.8 Å². The van der Waals surface area contributed by atoms with Crippen LogP contribution in [0.15, 0.2) is 17.1 Å². The fourth-order valence-electron chi connectivity index (χ4n) is 0.785. The molecule has 0 saturated carbocycles. The first kappa shape index (κ1) is 10.4. The minimum Gasteiger partial charge on any atom is -0.460 e. The largest absolute Gasteiger partial charge is 0.460 e. The van der Waals surface area contributed by atoms with E-state index in [0.717, 1.165) is 0 Å². The Morgan fingerprint density at radius 1 is 1.64 bits per heavy atom. The number of carbonyl (C=O) groups is 1. The van der Waals surface area contributed by atoms with Crippen LogP contribution in [0.1, 0.15) is 24.5 Å². The molecule has 1 heterocycles. The van der Waals surface area contributed by atoms with E-state index < -0.39 is 5.97 Å². The number of nitrogens with one attached hydrogen (secondary N) is 1. The van der Waals surface area contributed by atoms with Gasteiger partial charge in [-0.3, -0.25) is 4.79 Å². The molecule has 76 valence electrons. The zero-order valence-electron chi connectivity index (χ0n) is 8.11. The number of aromatic nitrogens is 2. The Labute approximate surface area is 81.1 Å². The van der Waals surface area contributed by atoms with Gasteiger partial charge in [0.05, 0.1) is 6.61 Å². The van der Waals surface area contributed by atoms with Gasteiger partial charge in [0.1, 0.15) is 0 Å². The highest BCUT2D eigenvalue weighted by atomic mass is 16.5. The first-order valence-corrected chi connectivity index (χ1v) is 4.32. The summed E-state index contributed by atoms with van der Waals surface area (Å²) in [6, 6.07) is 1.24. The van der Waals surface area contributed by atoms with Gasteiger partial charge in [0.15, 0.2) is 0 Å². The quantitative estimate of drug-likeness (QED) is 0.718. The minimum atomic E-state index is -0.601. The molecule has 0 unspecified atom stereocenters. The molecule has 1 aromatic heterocycles. The van der Waals surface area contributed by atoms with E-state index >= 15 is 0 Å². The highest BCUT2D eigenvalue weighted by Crippen LogP contribution is 1.96. The second kappa shape index (κ2) is 4.55. The summed E-state index contributed by atoms with van der Waals surface area (Å²) in [7, 11) is 0. The molecule has 0 fully saturated rings. The van der Waals surface area contributed by atoms with Crippen molar-refractivity contribution >= 4 is 5.97 Å². The van der Waals surface area contributed by atoms with Crippen molar-refractivity contribution < 1.29 is 9.53 Å². The highest BCUT2D eigenvalue weighted by Gasteiger charge is 2.09. The zero-order valence-corrected chi connectivity index (χ0v) is 8.11. The van der Waals surface area contributed by atoms with Crippen LogP contribution in [0.5, 0.6) is 0 Å². The Hall–Kier alpha value is -1.65. The number of H-pyrrole nitrogens is 1. The second-order valence-corrected chi connectivity index (χ2v) is 3.28. The Kier molecular flexibility index (Phi) is 3.39. The molecule has 0 aromatic carbocycles. The summed E-state index contributed by atoms with van der Waals surface area (Å²) in [5.41, 5.74) is -0.364. The normalized spacial score (nSPS) is 10.2. The number of aromatic amines is 1. The van der Waals surface area contributed by atoms with Gasteiger partial charge in [0.25, 0.3) is 5.56 Å². The third-order valence-electron chi connectivity index (χ3n) is 1.41. The lowest BCUT2D eigenvalue weighted by atomic mass is 10.2. The van der Waals surface area contributed by atoms with Crippen LogP contribution >= 0.6 is 0 Å². The summed E-state index contributed by atoms with van der Waals surface area (Å²) in [6.45, 7) is 4.17. The highest BCUT2D eigenvalue weighted by molar-refractivity contribution is 5.84. The van der Waals surface area contributed by atoms with Gasteiger partial charge in [0.2, 0.25) is 5.82 Å². The third kappa shape index (κ3) is 3.01. The number of rotatable bonds is 3. The molecule has 0 saturated heterocycles. The Morgan fingerprint density at radius 2 is 2.36 bits per heavy atom. The predicted molar refractivity (Wildman–Crippen MR) is 50.0 cm³/mol. The van der Waals surface area contributed by atoms with Gasteiger partial charge in [-0.2, -0.15) is 0 Å².